The summed E-state index contributed by atoms with van der Waals surface area (Å²) in [5.74, 6) is -0.167. The van der Waals surface area contributed by atoms with Crippen LogP contribution in [-0.4, -0.2) is 32.3 Å². The third kappa shape index (κ3) is 23.6. The quantitative estimate of drug-likeness (QED) is 0.0851. The molecule has 0 aromatic carbocycles. The van der Waals surface area contributed by atoms with E-state index in [1.54, 1.807) is 0 Å². The largest absolute Gasteiger partial charge is 0.466 e. The van der Waals surface area contributed by atoms with Gasteiger partial charge in [0.15, 0.2) is 0 Å². The summed E-state index contributed by atoms with van der Waals surface area (Å²) in [6.07, 6.45) is 21.8. The summed E-state index contributed by atoms with van der Waals surface area (Å²) in [5.41, 5.74) is 5.24. The SMILES string of the molecule is CCCCCCCC/C=C\CCCCCCCC(=O)OCCCO[PH](=O)OCCN. The van der Waals surface area contributed by atoms with E-state index in [9.17, 15) is 9.36 Å². The van der Waals surface area contributed by atoms with Crippen LogP contribution >= 0.6 is 8.25 Å². The van der Waals surface area contributed by atoms with Gasteiger partial charge in [-0.3, -0.25) is 9.36 Å². The number of rotatable bonds is 23. The van der Waals surface area contributed by atoms with Crippen LogP contribution in [0.25, 0.3) is 0 Å². The van der Waals surface area contributed by atoms with E-state index in [1.807, 2.05) is 0 Å². The molecule has 0 bridgehead atoms. The van der Waals surface area contributed by atoms with Crippen LogP contribution in [-0.2, 0) is 23.1 Å². The summed E-state index contributed by atoms with van der Waals surface area (Å²) in [4.78, 5) is 11.6. The highest BCUT2D eigenvalue weighted by Crippen LogP contribution is 2.22. The summed E-state index contributed by atoms with van der Waals surface area (Å²) >= 11 is 0. The molecule has 1 atom stereocenters. The molecule has 7 heteroatoms. The zero-order valence-corrected chi connectivity index (χ0v) is 20.2. The molecule has 0 aliphatic rings. The second-order valence-corrected chi connectivity index (χ2v) is 8.72. The Morgan fingerprint density at radius 2 is 1.33 bits per heavy atom. The molecule has 0 saturated heterocycles. The van der Waals surface area contributed by atoms with E-state index in [0.29, 0.717) is 19.4 Å². The Hall–Kier alpha value is -0.680. The number of carbonyl (C=O) groups is 1. The first kappa shape index (κ1) is 29.3. The van der Waals surface area contributed by atoms with Crippen molar-refractivity contribution in [1.29, 1.82) is 0 Å². The predicted molar refractivity (Wildman–Crippen MR) is 125 cm³/mol. The molecule has 0 saturated carbocycles. The smallest absolute Gasteiger partial charge is 0.319 e. The molecular formula is C23H46NO5P. The van der Waals surface area contributed by atoms with E-state index in [-0.39, 0.29) is 25.8 Å². The molecule has 0 radical (unpaired) electrons. The van der Waals surface area contributed by atoms with Gasteiger partial charge in [0.05, 0.1) is 19.8 Å². The highest BCUT2D eigenvalue weighted by atomic mass is 31.1. The standard InChI is InChI=1S/C23H46NO5P/c1-2-3-4-5-6-7-8-9-10-11-12-13-14-15-16-18-23(25)27-20-17-21-28-30(26)29-22-19-24/h9-10,30H,2-8,11-22,24H2,1H3/b10-9-. The van der Waals surface area contributed by atoms with Crippen molar-refractivity contribution in [3.05, 3.63) is 12.2 Å². The average Bonchev–Trinajstić information content (AvgIpc) is 2.74. The van der Waals surface area contributed by atoms with Crippen molar-refractivity contribution in [2.45, 2.75) is 103 Å². The number of hydrogen-bond acceptors (Lipinski definition) is 6. The molecule has 0 heterocycles. The highest BCUT2D eigenvalue weighted by molar-refractivity contribution is 7.33. The number of nitrogens with two attached hydrogens (primary N) is 1. The van der Waals surface area contributed by atoms with E-state index in [0.717, 1.165) is 12.8 Å². The van der Waals surface area contributed by atoms with Crippen LogP contribution in [0.3, 0.4) is 0 Å². The summed E-state index contributed by atoms with van der Waals surface area (Å²) in [6.45, 7) is 3.34. The van der Waals surface area contributed by atoms with E-state index in [4.69, 9.17) is 19.5 Å². The molecule has 6 nitrogen and oxygen atoms in total. The van der Waals surface area contributed by atoms with Crippen molar-refractivity contribution >= 4 is 14.2 Å². The third-order valence-corrected chi connectivity index (χ3v) is 5.63. The zero-order chi connectivity index (χ0) is 22.1. The fourth-order valence-electron chi connectivity index (χ4n) is 3.00. The first-order chi connectivity index (χ1) is 14.7. The fourth-order valence-corrected chi connectivity index (χ4v) is 3.68. The molecule has 0 aromatic heterocycles. The van der Waals surface area contributed by atoms with Crippen molar-refractivity contribution in [3.8, 4) is 0 Å². The molecule has 0 aliphatic heterocycles. The maximum atomic E-state index is 11.6. The van der Waals surface area contributed by atoms with Crippen LogP contribution in [0.4, 0.5) is 0 Å². The van der Waals surface area contributed by atoms with Crippen molar-refractivity contribution < 1.29 is 23.1 Å². The minimum atomic E-state index is -2.46. The lowest BCUT2D eigenvalue weighted by Crippen LogP contribution is -2.08. The Morgan fingerprint density at radius 1 is 0.767 bits per heavy atom. The van der Waals surface area contributed by atoms with Gasteiger partial charge in [-0.25, -0.2) is 0 Å². The number of esters is 1. The van der Waals surface area contributed by atoms with Crippen molar-refractivity contribution in [2.75, 3.05) is 26.4 Å². The number of hydrogen-bond donors (Lipinski definition) is 1. The van der Waals surface area contributed by atoms with Gasteiger partial charge in [-0.05, 0) is 32.1 Å². The van der Waals surface area contributed by atoms with Gasteiger partial charge < -0.3 is 19.5 Å². The monoisotopic (exact) mass is 447 g/mol. The molecule has 2 N–H and O–H groups in total. The topological polar surface area (TPSA) is 87.8 Å². The molecule has 30 heavy (non-hydrogen) atoms. The maximum Gasteiger partial charge on any atom is 0.319 e. The van der Waals surface area contributed by atoms with Gasteiger partial charge in [-0.1, -0.05) is 70.4 Å². The molecule has 0 rings (SSSR count). The summed E-state index contributed by atoms with van der Waals surface area (Å²) in [7, 11) is -2.46. The first-order valence-electron chi connectivity index (χ1n) is 12.0. The van der Waals surface area contributed by atoms with Crippen molar-refractivity contribution in [2.24, 2.45) is 5.73 Å². The maximum absolute atomic E-state index is 11.6. The van der Waals surface area contributed by atoms with Gasteiger partial charge in [-0.2, -0.15) is 0 Å². The van der Waals surface area contributed by atoms with Crippen molar-refractivity contribution in [1.82, 2.24) is 0 Å². The summed E-state index contributed by atoms with van der Waals surface area (Å²) in [6, 6.07) is 0. The van der Waals surface area contributed by atoms with Gasteiger partial charge >= 0.3 is 14.2 Å². The Morgan fingerprint density at radius 3 is 1.97 bits per heavy atom. The molecule has 0 fully saturated rings. The van der Waals surface area contributed by atoms with Crippen LogP contribution in [0.5, 0.6) is 0 Å². The summed E-state index contributed by atoms with van der Waals surface area (Å²) < 4.78 is 26.2. The minimum absolute atomic E-state index is 0.167. The summed E-state index contributed by atoms with van der Waals surface area (Å²) in [5, 5.41) is 0. The number of unbranched alkanes of at least 4 members (excludes halogenated alkanes) is 11. The zero-order valence-electron chi connectivity index (χ0n) is 19.2. The van der Waals surface area contributed by atoms with Gasteiger partial charge in [0.2, 0.25) is 0 Å². The van der Waals surface area contributed by atoms with Gasteiger partial charge in [0.1, 0.15) is 0 Å². The lowest BCUT2D eigenvalue weighted by atomic mass is 10.1. The molecule has 0 aliphatic carbocycles. The van der Waals surface area contributed by atoms with Gasteiger partial charge in [0, 0.05) is 19.4 Å². The average molecular weight is 448 g/mol. The molecular weight excluding hydrogens is 401 g/mol. The molecule has 0 amide bonds. The first-order valence-corrected chi connectivity index (χ1v) is 13.2. The van der Waals surface area contributed by atoms with Crippen LogP contribution in [0.15, 0.2) is 12.2 Å². The predicted octanol–water partition coefficient (Wildman–Crippen LogP) is 6.34. The van der Waals surface area contributed by atoms with Crippen molar-refractivity contribution in [3.63, 3.8) is 0 Å². The van der Waals surface area contributed by atoms with Crippen LogP contribution < -0.4 is 5.73 Å². The minimum Gasteiger partial charge on any atom is -0.466 e. The lowest BCUT2D eigenvalue weighted by Gasteiger charge is -2.06. The van der Waals surface area contributed by atoms with E-state index in [2.05, 4.69) is 19.1 Å². The Balaban J connectivity index is 3.27. The molecule has 0 aromatic rings. The number of carbonyl (C=O) groups excluding carboxylic acids is 1. The van der Waals surface area contributed by atoms with E-state index < -0.39 is 8.25 Å². The molecule has 1 unspecified atom stereocenters. The van der Waals surface area contributed by atoms with Crippen LogP contribution in [0, 0.1) is 0 Å². The van der Waals surface area contributed by atoms with E-state index in [1.165, 1.54) is 70.6 Å². The lowest BCUT2D eigenvalue weighted by molar-refractivity contribution is -0.144. The highest BCUT2D eigenvalue weighted by Gasteiger charge is 2.03. The number of ether oxygens (including phenoxy) is 1. The van der Waals surface area contributed by atoms with Gasteiger partial charge in [-0.15, -0.1) is 0 Å². The second-order valence-electron chi connectivity index (χ2n) is 7.64. The Kier molecular flexibility index (Phi) is 24.0. The van der Waals surface area contributed by atoms with Crippen LogP contribution in [0.1, 0.15) is 103 Å². The number of allylic oxidation sites excluding steroid dienone is 2. The second kappa shape index (κ2) is 24.6. The molecule has 0 spiro atoms. The Bertz CT molecular complexity index is 432. The van der Waals surface area contributed by atoms with Gasteiger partial charge in [0.25, 0.3) is 0 Å². The fraction of sp³-hybridized carbons (Fsp3) is 0.870. The normalized spacial score (nSPS) is 12.5. The Labute approximate surface area is 185 Å². The molecule has 178 valence electrons. The van der Waals surface area contributed by atoms with Crippen LogP contribution in [0.2, 0.25) is 0 Å². The van der Waals surface area contributed by atoms with E-state index >= 15 is 0 Å². The third-order valence-electron chi connectivity index (χ3n) is 4.75.